The number of carbonyl (C=O) groups is 1. The number of ether oxygens (including phenoxy) is 2. The number of nitro groups is 1. The highest BCUT2D eigenvalue weighted by Crippen LogP contribution is 2.38. The molecule has 4 heterocycles. The summed E-state index contributed by atoms with van der Waals surface area (Å²) in [7, 11) is -4.47. The molecule has 0 unspecified atom stereocenters. The molecular weight excluding hydrogens is 650 g/mol. The maximum Gasteiger partial charge on any atom is 0.293 e. The van der Waals surface area contributed by atoms with Crippen LogP contribution in [-0.2, 0) is 14.8 Å². The Hall–Kier alpha value is -4.73. The van der Waals surface area contributed by atoms with Crippen molar-refractivity contribution in [1.29, 1.82) is 0 Å². The van der Waals surface area contributed by atoms with Crippen molar-refractivity contribution >= 4 is 49.7 Å². The minimum atomic E-state index is -4.47. The summed E-state index contributed by atoms with van der Waals surface area (Å²) in [5, 5.41) is 16.1. The number of nitro benzene ring substituents is 1. The summed E-state index contributed by atoms with van der Waals surface area (Å²) in [6, 6.07) is 14.7. The number of nitrogens with one attached hydrogen (secondary N) is 3. The van der Waals surface area contributed by atoms with Gasteiger partial charge in [-0.1, -0.05) is 12.1 Å². The van der Waals surface area contributed by atoms with Gasteiger partial charge in [-0.25, -0.2) is 13.1 Å². The molecule has 3 N–H and O–H groups in total. The predicted molar refractivity (Wildman–Crippen MR) is 184 cm³/mol. The molecule has 2 aromatic carbocycles. The largest absolute Gasteiger partial charge is 0.476 e. The second-order valence-electron chi connectivity index (χ2n) is 12.7. The van der Waals surface area contributed by atoms with E-state index in [1.54, 1.807) is 24.4 Å². The first kappa shape index (κ1) is 32.8. The van der Waals surface area contributed by atoms with Gasteiger partial charge in [-0.05, 0) is 74.4 Å². The zero-order valence-corrected chi connectivity index (χ0v) is 27.8. The van der Waals surface area contributed by atoms with Crippen molar-refractivity contribution < 1.29 is 27.6 Å². The van der Waals surface area contributed by atoms with Gasteiger partial charge in [0, 0.05) is 49.9 Å². The third-order valence-electron chi connectivity index (χ3n) is 9.64. The second kappa shape index (κ2) is 14.0. The third kappa shape index (κ3) is 7.05. The summed E-state index contributed by atoms with van der Waals surface area (Å²) < 4.78 is 40.5. The topological polar surface area (TPSA) is 172 Å². The molecule has 0 spiro atoms. The molecule has 2 fully saturated rings. The summed E-state index contributed by atoms with van der Waals surface area (Å²) in [6.45, 7) is 4.92. The summed E-state index contributed by atoms with van der Waals surface area (Å²) in [4.78, 5) is 36.8. The number of sulfonamides is 1. The van der Waals surface area contributed by atoms with E-state index < -0.39 is 20.9 Å². The fourth-order valence-electron chi connectivity index (χ4n) is 7.04. The van der Waals surface area contributed by atoms with Crippen LogP contribution >= 0.6 is 0 Å². The molecule has 1 saturated heterocycles. The average Bonchev–Trinajstić information content (AvgIpc) is 3.48. The number of H-pyrrole nitrogens is 1. The van der Waals surface area contributed by atoms with E-state index in [0.717, 1.165) is 63.4 Å². The van der Waals surface area contributed by atoms with Gasteiger partial charge in [-0.15, -0.1) is 0 Å². The number of carbonyl (C=O) groups excluding carboxylic acids is 1. The van der Waals surface area contributed by atoms with Gasteiger partial charge in [0.2, 0.25) is 5.88 Å². The lowest BCUT2D eigenvalue weighted by Gasteiger charge is -2.38. The summed E-state index contributed by atoms with van der Waals surface area (Å²) in [5.41, 5.74) is 1.77. The van der Waals surface area contributed by atoms with Crippen molar-refractivity contribution in [3.63, 3.8) is 0 Å². The van der Waals surface area contributed by atoms with E-state index in [4.69, 9.17) is 9.47 Å². The first-order chi connectivity index (χ1) is 23.8. The number of fused-ring (bicyclic) bond motifs is 2. The Morgan fingerprint density at radius 3 is 2.59 bits per heavy atom. The monoisotopic (exact) mass is 689 g/mol. The van der Waals surface area contributed by atoms with Crippen LogP contribution in [0.5, 0.6) is 5.88 Å². The average molecular weight is 690 g/mol. The first-order valence-corrected chi connectivity index (χ1v) is 18.1. The van der Waals surface area contributed by atoms with Gasteiger partial charge in [0.15, 0.2) is 0 Å². The predicted octanol–water partition coefficient (Wildman–Crippen LogP) is 4.81. The molecule has 0 bridgehead atoms. The van der Waals surface area contributed by atoms with E-state index in [0.29, 0.717) is 61.0 Å². The van der Waals surface area contributed by atoms with E-state index in [1.807, 2.05) is 17.0 Å². The Bertz CT molecular complexity index is 1950. The number of hydrogen-bond donors (Lipinski definition) is 3. The zero-order valence-electron chi connectivity index (χ0n) is 27.0. The van der Waals surface area contributed by atoms with Crippen LogP contribution in [0, 0.1) is 16.0 Å². The molecule has 1 saturated carbocycles. The number of pyridine rings is 1. The maximum atomic E-state index is 13.6. The quantitative estimate of drug-likeness (QED) is 0.163. The van der Waals surface area contributed by atoms with Crippen molar-refractivity contribution in [2.45, 2.75) is 43.0 Å². The Labute approximate surface area is 284 Å². The molecule has 1 amide bonds. The van der Waals surface area contributed by atoms with Crippen LogP contribution in [0.3, 0.4) is 0 Å². The maximum absolute atomic E-state index is 13.6. The fourth-order valence-corrected chi connectivity index (χ4v) is 8.03. The molecule has 1 aliphatic carbocycles. The lowest BCUT2D eigenvalue weighted by molar-refractivity contribution is -0.384. The van der Waals surface area contributed by atoms with E-state index in [2.05, 4.69) is 24.9 Å². The van der Waals surface area contributed by atoms with Crippen LogP contribution in [0.2, 0.25) is 0 Å². The number of benzene rings is 2. The van der Waals surface area contributed by atoms with Gasteiger partial charge in [0.25, 0.3) is 21.6 Å². The van der Waals surface area contributed by atoms with E-state index in [-0.39, 0.29) is 21.8 Å². The van der Waals surface area contributed by atoms with Crippen molar-refractivity contribution in [2.75, 3.05) is 56.2 Å². The van der Waals surface area contributed by atoms with Crippen molar-refractivity contribution in [2.24, 2.45) is 5.92 Å². The van der Waals surface area contributed by atoms with Gasteiger partial charge in [0.05, 0.1) is 40.9 Å². The summed E-state index contributed by atoms with van der Waals surface area (Å²) in [6.07, 6.45) is 6.56. The number of aromatic amines is 1. The molecule has 49 heavy (non-hydrogen) atoms. The molecule has 15 heteroatoms. The molecular formula is C34H39N7O7S. The van der Waals surface area contributed by atoms with Gasteiger partial charge < -0.3 is 24.7 Å². The molecule has 3 aliphatic rings. The van der Waals surface area contributed by atoms with E-state index >= 15 is 0 Å². The lowest BCUT2D eigenvalue weighted by atomic mass is 9.85. The van der Waals surface area contributed by atoms with Crippen molar-refractivity contribution in [1.82, 2.24) is 19.6 Å². The van der Waals surface area contributed by atoms with Gasteiger partial charge in [0.1, 0.15) is 17.0 Å². The van der Waals surface area contributed by atoms with Gasteiger partial charge in [-0.3, -0.25) is 19.8 Å². The Morgan fingerprint density at radius 2 is 1.80 bits per heavy atom. The number of anilines is 3. The number of hydrogen-bond acceptors (Lipinski definition) is 11. The molecule has 7 rings (SSSR count). The highest BCUT2D eigenvalue weighted by Gasteiger charge is 2.30. The Balaban J connectivity index is 1.06. The number of nitrogens with zero attached hydrogens (tertiary/aromatic N) is 4. The third-order valence-corrected chi connectivity index (χ3v) is 11.0. The molecule has 2 aromatic heterocycles. The van der Waals surface area contributed by atoms with Crippen molar-refractivity contribution in [3.8, 4) is 5.88 Å². The fraction of sp³-hybridized carbons (Fsp3) is 0.412. The minimum absolute atomic E-state index is 0.115. The van der Waals surface area contributed by atoms with Crippen LogP contribution < -0.4 is 19.7 Å². The SMILES string of the molecule is O=C(NS(=O)(=O)c1ccc(NCC2CCC(N3CCOCC3)CC2)c([N+](=O)[O-])c1)c1ccccc1N1CCCOc2nc3[nH]ccc3cc21. The normalized spacial score (nSPS) is 20.2. The smallest absolute Gasteiger partial charge is 0.293 e. The molecule has 0 radical (unpaired) electrons. The Morgan fingerprint density at radius 1 is 1.00 bits per heavy atom. The number of aromatic nitrogens is 2. The molecule has 2 aliphatic heterocycles. The molecule has 4 aromatic rings. The number of rotatable bonds is 9. The second-order valence-corrected chi connectivity index (χ2v) is 14.4. The zero-order chi connectivity index (χ0) is 34.0. The lowest BCUT2D eigenvalue weighted by Crippen LogP contribution is -2.45. The Kier molecular flexibility index (Phi) is 9.38. The summed E-state index contributed by atoms with van der Waals surface area (Å²) >= 11 is 0. The van der Waals surface area contributed by atoms with Crippen LogP contribution in [0.25, 0.3) is 11.0 Å². The molecule has 258 valence electrons. The van der Waals surface area contributed by atoms with Gasteiger partial charge in [-0.2, -0.15) is 4.98 Å². The number of amides is 1. The minimum Gasteiger partial charge on any atom is -0.476 e. The highest BCUT2D eigenvalue weighted by atomic mass is 32.2. The number of morpholine rings is 1. The van der Waals surface area contributed by atoms with Crippen LogP contribution in [0.4, 0.5) is 22.7 Å². The summed E-state index contributed by atoms with van der Waals surface area (Å²) in [5.74, 6) is -0.111. The number of para-hydroxylation sites is 1. The molecule has 0 atom stereocenters. The van der Waals surface area contributed by atoms with Gasteiger partial charge >= 0.3 is 0 Å². The standard InChI is InChI=1S/C34H39N7O7S/c42-33(27-4-1-2-5-29(27)40-14-3-17-48-34-31(40)20-24-12-13-35-32(24)37-34)38-49(45,46)26-10-11-28(30(21-26)41(43)44)36-22-23-6-8-25(9-7-23)39-15-18-47-19-16-39/h1-2,4-5,10-13,20-21,23,25,36H,3,6-9,14-19,22H2,(H,35,37)(H,38,42). The van der Waals surface area contributed by atoms with Crippen LogP contribution in [-0.4, -0.2) is 86.2 Å². The van der Waals surface area contributed by atoms with Crippen LogP contribution in [0.15, 0.2) is 65.7 Å². The molecule has 14 nitrogen and oxygen atoms in total. The van der Waals surface area contributed by atoms with Crippen LogP contribution in [0.1, 0.15) is 42.5 Å². The first-order valence-electron chi connectivity index (χ1n) is 16.7. The highest BCUT2D eigenvalue weighted by molar-refractivity contribution is 7.90. The van der Waals surface area contributed by atoms with E-state index in [9.17, 15) is 23.3 Å². The van der Waals surface area contributed by atoms with Crippen molar-refractivity contribution in [3.05, 3.63) is 76.5 Å². The van der Waals surface area contributed by atoms with E-state index in [1.165, 1.54) is 18.2 Å².